The Labute approximate surface area is 191 Å². The number of halogens is 2. The summed E-state index contributed by atoms with van der Waals surface area (Å²) in [5.41, 5.74) is 1.22. The van der Waals surface area contributed by atoms with E-state index in [9.17, 15) is 8.78 Å². The molecule has 1 saturated heterocycles. The molecule has 1 aromatic carbocycles. The standard InChI is InChI=1S/C22H29F2N9/c1-21(2)11-16(12-22(3,4)31-21)26-19-17(24)13-25-20(28-19)27-15-7-5-6-14(10-15)18-29-32-33(30-18)9-8-23/h5-7,10,13,16,31H,8-9,11-12H2,1-4H3,(H2,25,26,27,28). The maximum atomic E-state index is 14.5. The van der Waals surface area contributed by atoms with E-state index in [1.807, 2.05) is 18.2 Å². The van der Waals surface area contributed by atoms with Gasteiger partial charge in [0.1, 0.15) is 6.67 Å². The maximum absolute atomic E-state index is 14.5. The molecule has 176 valence electrons. The number of nitrogens with zero attached hydrogens (tertiary/aromatic N) is 6. The zero-order valence-electron chi connectivity index (χ0n) is 19.2. The molecule has 11 heteroatoms. The van der Waals surface area contributed by atoms with E-state index in [0.29, 0.717) is 17.1 Å². The molecule has 1 aliphatic rings. The summed E-state index contributed by atoms with van der Waals surface area (Å²) >= 11 is 0. The van der Waals surface area contributed by atoms with E-state index < -0.39 is 12.5 Å². The van der Waals surface area contributed by atoms with Gasteiger partial charge in [0.25, 0.3) is 0 Å². The van der Waals surface area contributed by atoms with Crippen LogP contribution in [0.15, 0.2) is 30.5 Å². The monoisotopic (exact) mass is 457 g/mol. The summed E-state index contributed by atoms with van der Waals surface area (Å²) in [6.45, 7) is 8.05. The van der Waals surface area contributed by atoms with Crippen molar-refractivity contribution in [2.75, 3.05) is 17.3 Å². The molecule has 1 aliphatic heterocycles. The molecule has 33 heavy (non-hydrogen) atoms. The van der Waals surface area contributed by atoms with Crippen LogP contribution in [0, 0.1) is 5.82 Å². The van der Waals surface area contributed by atoms with Gasteiger partial charge in [-0.1, -0.05) is 12.1 Å². The lowest BCUT2D eigenvalue weighted by Gasteiger charge is -2.46. The van der Waals surface area contributed by atoms with E-state index >= 15 is 0 Å². The number of hydrogen-bond donors (Lipinski definition) is 3. The van der Waals surface area contributed by atoms with Gasteiger partial charge in [-0.15, -0.1) is 10.2 Å². The lowest BCUT2D eigenvalue weighted by Crippen LogP contribution is -2.60. The van der Waals surface area contributed by atoms with Crippen LogP contribution in [-0.2, 0) is 6.54 Å². The van der Waals surface area contributed by atoms with Crippen molar-refractivity contribution in [1.82, 2.24) is 35.5 Å². The number of alkyl halides is 1. The van der Waals surface area contributed by atoms with Gasteiger partial charge in [0.15, 0.2) is 11.6 Å². The highest BCUT2D eigenvalue weighted by Crippen LogP contribution is 2.31. The third-order valence-electron chi connectivity index (χ3n) is 5.39. The predicted octanol–water partition coefficient (Wildman–Crippen LogP) is 3.70. The molecule has 0 saturated carbocycles. The van der Waals surface area contributed by atoms with E-state index in [1.54, 1.807) is 6.07 Å². The Morgan fingerprint density at radius 3 is 2.67 bits per heavy atom. The molecule has 1 fully saturated rings. The maximum Gasteiger partial charge on any atom is 0.229 e. The van der Waals surface area contributed by atoms with Gasteiger partial charge in [0.2, 0.25) is 11.8 Å². The molecule has 2 aromatic heterocycles. The van der Waals surface area contributed by atoms with E-state index in [-0.39, 0.29) is 35.4 Å². The van der Waals surface area contributed by atoms with Crippen LogP contribution in [0.3, 0.4) is 0 Å². The summed E-state index contributed by atoms with van der Waals surface area (Å²) in [6, 6.07) is 7.33. The van der Waals surface area contributed by atoms with Crippen LogP contribution in [-0.4, -0.2) is 54.0 Å². The SMILES string of the molecule is CC1(C)CC(Nc2nc(Nc3cccc(-c4nnn(CCF)n4)c3)ncc2F)CC(C)(C)N1. The number of hydrogen-bond acceptors (Lipinski definition) is 8. The normalized spacial score (nSPS) is 17.6. The van der Waals surface area contributed by atoms with E-state index in [0.717, 1.165) is 19.0 Å². The van der Waals surface area contributed by atoms with Gasteiger partial charge >= 0.3 is 0 Å². The van der Waals surface area contributed by atoms with Crippen molar-refractivity contribution in [2.24, 2.45) is 0 Å². The topological polar surface area (TPSA) is 105 Å². The Balaban J connectivity index is 1.50. The van der Waals surface area contributed by atoms with E-state index in [4.69, 9.17) is 0 Å². The molecule has 0 spiro atoms. The van der Waals surface area contributed by atoms with Gasteiger partial charge in [0.05, 0.1) is 12.7 Å². The summed E-state index contributed by atoms with van der Waals surface area (Å²) in [5, 5.41) is 21.9. The zero-order chi connectivity index (χ0) is 23.6. The Hall–Kier alpha value is -3.21. The quantitative estimate of drug-likeness (QED) is 0.493. The minimum absolute atomic E-state index is 0.0511. The van der Waals surface area contributed by atoms with Crippen molar-refractivity contribution in [3.8, 4) is 11.4 Å². The number of nitrogens with one attached hydrogen (secondary N) is 3. The third-order valence-corrected chi connectivity index (χ3v) is 5.39. The van der Waals surface area contributed by atoms with Crippen molar-refractivity contribution in [2.45, 2.75) is 64.2 Å². The lowest BCUT2D eigenvalue weighted by atomic mass is 9.79. The molecule has 0 amide bonds. The Bertz CT molecular complexity index is 1100. The molecule has 0 unspecified atom stereocenters. The number of anilines is 3. The number of benzene rings is 1. The number of piperidine rings is 1. The fourth-order valence-electron chi connectivity index (χ4n) is 4.54. The van der Waals surface area contributed by atoms with E-state index in [1.165, 1.54) is 4.80 Å². The number of aryl methyl sites for hydroxylation is 1. The zero-order valence-corrected chi connectivity index (χ0v) is 19.2. The van der Waals surface area contributed by atoms with Crippen LogP contribution < -0.4 is 16.0 Å². The van der Waals surface area contributed by atoms with Crippen molar-refractivity contribution < 1.29 is 8.78 Å². The van der Waals surface area contributed by atoms with E-state index in [2.05, 4.69) is 69.0 Å². The third kappa shape index (κ3) is 5.78. The van der Waals surface area contributed by atoms with Crippen LogP contribution in [0.4, 0.5) is 26.2 Å². The fraction of sp³-hybridized carbons (Fsp3) is 0.500. The average molecular weight is 458 g/mol. The van der Waals surface area contributed by atoms with Crippen LogP contribution in [0.1, 0.15) is 40.5 Å². The second-order valence-corrected chi connectivity index (χ2v) is 9.64. The summed E-state index contributed by atoms with van der Waals surface area (Å²) in [6.07, 6.45) is 2.82. The summed E-state index contributed by atoms with van der Waals surface area (Å²) in [4.78, 5) is 9.65. The minimum Gasteiger partial charge on any atom is -0.365 e. The first-order valence-corrected chi connectivity index (χ1v) is 10.9. The molecule has 4 rings (SSSR count). The predicted molar refractivity (Wildman–Crippen MR) is 122 cm³/mol. The van der Waals surface area contributed by atoms with Gasteiger partial charge in [0, 0.05) is 28.4 Å². The Morgan fingerprint density at radius 1 is 1.18 bits per heavy atom. The number of aromatic nitrogens is 6. The number of rotatable bonds is 7. The fourth-order valence-corrected chi connectivity index (χ4v) is 4.54. The van der Waals surface area contributed by atoms with Gasteiger partial charge in [-0.2, -0.15) is 9.78 Å². The van der Waals surface area contributed by atoms with Crippen molar-refractivity contribution in [1.29, 1.82) is 0 Å². The minimum atomic E-state index is -0.567. The second kappa shape index (κ2) is 8.97. The summed E-state index contributed by atoms with van der Waals surface area (Å²) < 4.78 is 27.0. The van der Waals surface area contributed by atoms with Crippen LogP contribution in [0.5, 0.6) is 0 Å². The molecule has 9 nitrogen and oxygen atoms in total. The molecule has 3 N–H and O–H groups in total. The average Bonchev–Trinajstić information content (AvgIpc) is 3.17. The smallest absolute Gasteiger partial charge is 0.229 e. The van der Waals surface area contributed by atoms with Crippen LogP contribution >= 0.6 is 0 Å². The molecule has 0 bridgehead atoms. The molecule has 0 aliphatic carbocycles. The van der Waals surface area contributed by atoms with Crippen molar-refractivity contribution >= 4 is 17.5 Å². The van der Waals surface area contributed by atoms with Gasteiger partial charge in [-0.05, 0) is 57.9 Å². The molecule has 3 heterocycles. The van der Waals surface area contributed by atoms with Gasteiger partial charge < -0.3 is 16.0 Å². The highest BCUT2D eigenvalue weighted by atomic mass is 19.1. The van der Waals surface area contributed by atoms with Crippen LogP contribution in [0.2, 0.25) is 0 Å². The van der Waals surface area contributed by atoms with Crippen molar-refractivity contribution in [3.05, 3.63) is 36.3 Å². The second-order valence-electron chi connectivity index (χ2n) is 9.64. The van der Waals surface area contributed by atoms with Crippen molar-refractivity contribution in [3.63, 3.8) is 0 Å². The summed E-state index contributed by atoms with van der Waals surface area (Å²) in [7, 11) is 0. The molecule has 0 atom stereocenters. The molecule has 0 radical (unpaired) electrons. The molecule has 3 aromatic rings. The lowest BCUT2D eigenvalue weighted by molar-refractivity contribution is 0.170. The molecular formula is C22H29F2N9. The molecular weight excluding hydrogens is 428 g/mol. The van der Waals surface area contributed by atoms with Gasteiger partial charge in [-0.3, -0.25) is 0 Å². The highest BCUT2D eigenvalue weighted by molar-refractivity contribution is 5.65. The largest absolute Gasteiger partial charge is 0.365 e. The summed E-state index contributed by atoms with van der Waals surface area (Å²) in [5.74, 6) is 0.304. The first kappa shape index (κ1) is 23.0. The Kier molecular flexibility index (Phi) is 6.24. The first-order chi connectivity index (χ1) is 15.6. The Morgan fingerprint density at radius 2 is 1.94 bits per heavy atom. The van der Waals surface area contributed by atoms with Gasteiger partial charge in [-0.25, -0.2) is 13.8 Å². The highest BCUT2D eigenvalue weighted by Gasteiger charge is 2.38. The van der Waals surface area contributed by atoms with Crippen LogP contribution in [0.25, 0.3) is 11.4 Å². The number of tetrazole rings is 1. The first-order valence-electron chi connectivity index (χ1n) is 10.9.